The van der Waals surface area contributed by atoms with E-state index in [2.05, 4.69) is 27.5 Å². The molecule has 142 valence electrons. The second-order valence-electron chi connectivity index (χ2n) is 7.11. The fraction of sp³-hybridized carbons (Fsp3) is 0.273. The molecule has 6 nitrogen and oxygen atoms in total. The quantitative estimate of drug-likeness (QED) is 0.293. The summed E-state index contributed by atoms with van der Waals surface area (Å²) in [6.45, 7) is 1.19. The Morgan fingerprint density at radius 1 is 1.04 bits per heavy atom. The highest BCUT2D eigenvalue weighted by molar-refractivity contribution is 5.95. The molecule has 0 aliphatic carbocycles. The molecule has 0 radical (unpaired) electrons. The van der Waals surface area contributed by atoms with E-state index in [-0.39, 0.29) is 18.0 Å². The lowest BCUT2D eigenvalue weighted by molar-refractivity contribution is -0.690. The second kappa shape index (κ2) is 7.76. The SMILES string of the molecule is O=C(C[n+]1cc(-c2ccccc2)n2c1CCCCC2)c1ccc([N+](=O)[O-])cc1. The van der Waals surface area contributed by atoms with Gasteiger partial charge in [-0.1, -0.05) is 30.3 Å². The number of nitro benzene ring substituents is 1. The van der Waals surface area contributed by atoms with Crippen molar-refractivity contribution in [2.75, 3.05) is 0 Å². The summed E-state index contributed by atoms with van der Waals surface area (Å²) in [5, 5.41) is 10.8. The number of ketones is 1. The number of carbonyl (C=O) groups is 1. The Hall–Kier alpha value is -3.28. The molecule has 2 aromatic carbocycles. The van der Waals surface area contributed by atoms with E-state index in [0.29, 0.717) is 5.56 Å². The standard InChI is InChI=1S/C22H22N3O3/c26-21(18-10-12-19(13-11-18)25(27)28)16-23-15-20(17-7-3-1-4-8-17)24-14-6-2-5-9-22(23)24/h1,3-4,7-8,10-13,15H,2,5-6,9,14,16H2/q+1. The number of nitrogens with zero attached hydrogens (tertiary/aromatic N) is 3. The molecule has 2 heterocycles. The van der Waals surface area contributed by atoms with Gasteiger partial charge in [-0.05, 0) is 31.4 Å². The van der Waals surface area contributed by atoms with Crippen LogP contribution in [-0.2, 0) is 19.5 Å². The van der Waals surface area contributed by atoms with Crippen LogP contribution in [0.4, 0.5) is 5.69 Å². The van der Waals surface area contributed by atoms with E-state index in [1.54, 1.807) is 0 Å². The van der Waals surface area contributed by atoms with Crippen molar-refractivity contribution in [3.05, 3.63) is 82.3 Å². The fourth-order valence-electron chi connectivity index (χ4n) is 3.84. The number of rotatable bonds is 5. The highest BCUT2D eigenvalue weighted by Crippen LogP contribution is 2.24. The van der Waals surface area contributed by atoms with Gasteiger partial charge in [-0.25, -0.2) is 9.13 Å². The van der Waals surface area contributed by atoms with Gasteiger partial charge < -0.3 is 0 Å². The van der Waals surface area contributed by atoms with Crippen LogP contribution in [0.2, 0.25) is 0 Å². The number of carbonyl (C=O) groups excluding carboxylic acids is 1. The van der Waals surface area contributed by atoms with Gasteiger partial charge in [-0.2, -0.15) is 0 Å². The van der Waals surface area contributed by atoms with Crippen molar-refractivity contribution in [3.63, 3.8) is 0 Å². The first kappa shape index (κ1) is 18.1. The Bertz CT molecular complexity index is 1010. The minimum atomic E-state index is -0.455. The summed E-state index contributed by atoms with van der Waals surface area (Å²) < 4.78 is 4.39. The summed E-state index contributed by atoms with van der Waals surface area (Å²) in [5.41, 5.74) is 2.77. The molecule has 0 bridgehead atoms. The minimum Gasteiger partial charge on any atom is -0.290 e. The van der Waals surface area contributed by atoms with Crippen molar-refractivity contribution in [1.82, 2.24) is 4.57 Å². The van der Waals surface area contributed by atoms with Crippen LogP contribution in [0.5, 0.6) is 0 Å². The molecule has 0 saturated carbocycles. The van der Waals surface area contributed by atoms with Crippen molar-refractivity contribution in [1.29, 1.82) is 0 Å². The van der Waals surface area contributed by atoms with Crippen LogP contribution >= 0.6 is 0 Å². The third-order valence-electron chi connectivity index (χ3n) is 5.28. The molecule has 0 spiro atoms. The van der Waals surface area contributed by atoms with Crippen molar-refractivity contribution < 1.29 is 14.3 Å². The number of aromatic nitrogens is 2. The Balaban J connectivity index is 1.66. The van der Waals surface area contributed by atoms with Gasteiger partial charge in [0.2, 0.25) is 5.78 Å². The second-order valence-corrected chi connectivity index (χ2v) is 7.11. The summed E-state index contributed by atoms with van der Waals surface area (Å²) in [7, 11) is 0. The van der Waals surface area contributed by atoms with Crippen molar-refractivity contribution in [2.45, 2.75) is 38.8 Å². The predicted molar refractivity (Wildman–Crippen MR) is 105 cm³/mol. The topological polar surface area (TPSA) is 69.0 Å². The molecule has 3 aromatic rings. The Labute approximate surface area is 163 Å². The van der Waals surface area contributed by atoms with Crippen LogP contribution in [0.15, 0.2) is 60.8 Å². The minimum absolute atomic E-state index is 0.00620. The first-order valence-corrected chi connectivity index (χ1v) is 9.58. The average Bonchev–Trinajstić information content (AvgIpc) is 2.89. The maximum atomic E-state index is 12.8. The van der Waals surface area contributed by atoms with Crippen LogP contribution in [0.3, 0.4) is 0 Å². The van der Waals surface area contributed by atoms with Gasteiger partial charge in [0.1, 0.15) is 6.20 Å². The van der Waals surface area contributed by atoms with Crippen molar-refractivity contribution in [3.8, 4) is 11.3 Å². The number of benzene rings is 2. The van der Waals surface area contributed by atoms with E-state index < -0.39 is 4.92 Å². The first-order chi connectivity index (χ1) is 13.6. The number of imidazole rings is 1. The van der Waals surface area contributed by atoms with E-state index in [9.17, 15) is 14.9 Å². The Kier molecular flexibility index (Phi) is 5.02. The number of nitro groups is 1. The third kappa shape index (κ3) is 3.58. The van der Waals surface area contributed by atoms with E-state index in [0.717, 1.165) is 37.1 Å². The van der Waals surface area contributed by atoms with Gasteiger partial charge in [0.05, 0.1) is 11.5 Å². The first-order valence-electron chi connectivity index (χ1n) is 9.58. The highest BCUT2D eigenvalue weighted by Gasteiger charge is 2.27. The van der Waals surface area contributed by atoms with Crippen LogP contribution in [-0.4, -0.2) is 15.3 Å². The number of non-ortho nitro benzene ring substituents is 1. The summed E-state index contributed by atoms with van der Waals surface area (Å²) in [6.07, 6.45) is 6.45. The fourth-order valence-corrected chi connectivity index (χ4v) is 3.84. The van der Waals surface area contributed by atoms with Gasteiger partial charge in [-0.15, -0.1) is 0 Å². The van der Waals surface area contributed by atoms with Gasteiger partial charge in [-0.3, -0.25) is 14.9 Å². The molecule has 6 heteroatoms. The van der Waals surface area contributed by atoms with E-state index in [1.165, 1.54) is 36.5 Å². The average molecular weight is 376 g/mol. The molecule has 0 atom stereocenters. The van der Waals surface area contributed by atoms with Crippen LogP contribution < -0.4 is 4.57 Å². The van der Waals surface area contributed by atoms with Gasteiger partial charge >= 0.3 is 0 Å². The van der Waals surface area contributed by atoms with Crippen LogP contribution in [0.25, 0.3) is 11.3 Å². The lowest BCUT2D eigenvalue weighted by Gasteiger charge is -2.03. The zero-order valence-corrected chi connectivity index (χ0v) is 15.6. The predicted octanol–water partition coefficient (Wildman–Crippen LogP) is 3.96. The molecule has 4 rings (SSSR count). The number of Topliss-reactive ketones (excluding diaryl/α,β-unsaturated/α-hetero) is 1. The van der Waals surface area contributed by atoms with Crippen LogP contribution in [0, 0.1) is 10.1 Å². The molecule has 0 amide bonds. The van der Waals surface area contributed by atoms with Crippen molar-refractivity contribution >= 4 is 11.5 Å². The maximum absolute atomic E-state index is 12.8. The largest absolute Gasteiger partial charge is 0.290 e. The van der Waals surface area contributed by atoms with Crippen LogP contribution in [0.1, 0.15) is 35.4 Å². The molecule has 28 heavy (non-hydrogen) atoms. The third-order valence-corrected chi connectivity index (χ3v) is 5.28. The molecule has 1 aliphatic heterocycles. The zero-order chi connectivity index (χ0) is 19.5. The van der Waals surface area contributed by atoms with E-state index in [4.69, 9.17) is 0 Å². The van der Waals surface area contributed by atoms with E-state index >= 15 is 0 Å². The summed E-state index contributed by atoms with van der Waals surface area (Å²) in [4.78, 5) is 23.2. The summed E-state index contributed by atoms with van der Waals surface area (Å²) in [5.74, 6) is 1.13. The van der Waals surface area contributed by atoms with Gasteiger partial charge in [0, 0.05) is 29.7 Å². The van der Waals surface area contributed by atoms with Gasteiger partial charge in [0.15, 0.2) is 12.2 Å². The number of fused-ring (bicyclic) bond motifs is 1. The maximum Gasteiger partial charge on any atom is 0.269 e. The summed E-state index contributed by atoms with van der Waals surface area (Å²) in [6, 6.07) is 16.1. The molecule has 0 N–H and O–H groups in total. The molecular weight excluding hydrogens is 354 g/mol. The molecule has 0 saturated heterocycles. The normalized spacial score (nSPS) is 13.6. The van der Waals surface area contributed by atoms with E-state index in [1.807, 2.05) is 18.2 Å². The Morgan fingerprint density at radius 2 is 1.79 bits per heavy atom. The number of hydrogen-bond donors (Lipinski definition) is 0. The lowest BCUT2D eigenvalue weighted by atomic mass is 10.1. The zero-order valence-electron chi connectivity index (χ0n) is 15.6. The highest BCUT2D eigenvalue weighted by atomic mass is 16.6. The molecule has 1 aromatic heterocycles. The molecule has 0 fully saturated rings. The number of hydrogen-bond acceptors (Lipinski definition) is 3. The lowest BCUT2D eigenvalue weighted by Crippen LogP contribution is -2.40. The Morgan fingerprint density at radius 3 is 2.50 bits per heavy atom. The van der Waals surface area contributed by atoms with Crippen molar-refractivity contribution in [2.24, 2.45) is 0 Å². The smallest absolute Gasteiger partial charge is 0.269 e. The summed E-state index contributed by atoms with van der Waals surface area (Å²) >= 11 is 0. The molecular formula is C22H22N3O3+. The van der Waals surface area contributed by atoms with Gasteiger partial charge in [0.25, 0.3) is 11.5 Å². The monoisotopic (exact) mass is 376 g/mol. The molecule has 0 unspecified atom stereocenters. The molecule has 1 aliphatic rings.